The van der Waals surface area contributed by atoms with Crippen molar-refractivity contribution in [1.82, 2.24) is 9.55 Å². The van der Waals surface area contributed by atoms with Crippen molar-refractivity contribution in [2.24, 2.45) is 0 Å². The first-order valence-corrected chi connectivity index (χ1v) is 5.76. The van der Waals surface area contributed by atoms with Gasteiger partial charge in [-0.2, -0.15) is 18.2 Å². The zero-order valence-electron chi connectivity index (χ0n) is 9.89. The first-order valence-electron chi connectivity index (χ1n) is 5.38. The van der Waals surface area contributed by atoms with E-state index in [1.54, 1.807) is 0 Å². The standard InChI is InChI=1S/C12H8ClF3N2O2/c13-9-5-17-11(19)18(6-9)7-20-10-3-1-2-8(4-10)12(14,15)16/h1-6H,7H2. The molecule has 0 aliphatic rings. The number of hydrogen-bond acceptors (Lipinski definition) is 3. The molecule has 4 nitrogen and oxygen atoms in total. The second-order valence-electron chi connectivity index (χ2n) is 3.82. The molecule has 2 rings (SSSR count). The van der Waals surface area contributed by atoms with E-state index in [-0.39, 0.29) is 17.5 Å². The van der Waals surface area contributed by atoms with Crippen molar-refractivity contribution < 1.29 is 17.9 Å². The maximum absolute atomic E-state index is 12.5. The fraction of sp³-hybridized carbons (Fsp3) is 0.167. The smallest absolute Gasteiger partial charge is 0.416 e. The van der Waals surface area contributed by atoms with Gasteiger partial charge in [-0.25, -0.2) is 4.79 Å². The minimum absolute atomic E-state index is 0.00768. The molecule has 2 aromatic rings. The molecule has 1 heterocycles. The van der Waals surface area contributed by atoms with Gasteiger partial charge in [0.15, 0.2) is 6.73 Å². The lowest BCUT2D eigenvalue weighted by atomic mass is 10.2. The molecule has 0 aliphatic heterocycles. The minimum atomic E-state index is -4.45. The number of ether oxygens (including phenoxy) is 1. The summed E-state index contributed by atoms with van der Waals surface area (Å²) < 4.78 is 43.7. The van der Waals surface area contributed by atoms with Crippen molar-refractivity contribution >= 4 is 11.6 Å². The molecule has 1 aromatic carbocycles. The molecule has 1 aromatic heterocycles. The van der Waals surface area contributed by atoms with E-state index in [4.69, 9.17) is 16.3 Å². The molecule has 0 fully saturated rings. The number of hydrogen-bond donors (Lipinski definition) is 0. The molecule has 0 saturated heterocycles. The van der Waals surface area contributed by atoms with Gasteiger partial charge in [0.05, 0.1) is 16.8 Å². The Morgan fingerprint density at radius 1 is 1.35 bits per heavy atom. The summed E-state index contributed by atoms with van der Waals surface area (Å²) >= 11 is 5.66. The van der Waals surface area contributed by atoms with Crippen molar-refractivity contribution in [3.05, 3.63) is 57.7 Å². The van der Waals surface area contributed by atoms with Gasteiger partial charge in [0.25, 0.3) is 0 Å². The van der Waals surface area contributed by atoms with Crippen LogP contribution in [0, 0.1) is 0 Å². The van der Waals surface area contributed by atoms with Gasteiger partial charge in [0.1, 0.15) is 5.75 Å². The van der Waals surface area contributed by atoms with Crippen LogP contribution < -0.4 is 10.4 Å². The van der Waals surface area contributed by atoms with Gasteiger partial charge in [0.2, 0.25) is 0 Å². The van der Waals surface area contributed by atoms with Gasteiger partial charge in [-0.3, -0.25) is 4.57 Å². The first kappa shape index (κ1) is 14.4. The third kappa shape index (κ3) is 3.51. The lowest BCUT2D eigenvalue weighted by molar-refractivity contribution is -0.137. The average molecular weight is 305 g/mol. The number of aromatic nitrogens is 2. The van der Waals surface area contributed by atoms with Gasteiger partial charge in [-0.05, 0) is 18.2 Å². The maximum Gasteiger partial charge on any atom is 0.416 e. The Labute approximate surface area is 116 Å². The van der Waals surface area contributed by atoms with Gasteiger partial charge < -0.3 is 4.74 Å². The van der Waals surface area contributed by atoms with E-state index in [2.05, 4.69) is 4.98 Å². The van der Waals surface area contributed by atoms with Crippen LogP contribution in [0.5, 0.6) is 5.75 Å². The van der Waals surface area contributed by atoms with E-state index in [9.17, 15) is 18.0 Å². The van der Waals surface area contributed by atoms with Gasteiger partial charge in [0, 0.05) is 6.20 Å². The summed E-state index contributed by atoms with van der Waals surface area (Å²) in [5, 5.41) is 0.220. The summed E-state index contributed by atoms with van der Waals surface area (Å²) in [5.74, 6) is -0.00768. The Hall–Kier alpha value is -2.02. The highest BCUT2D eigenvalue weighted by molar-refractivity contribution is 6.30. The Kier molecular flexibility index (Phi) is 3.99. The van der Waals surface area contributed by atoms with Crippen molar-refractivity contribution in [1.29, 1.82) is 0 Å². The third-order valence-electron chi connectivity index (χ3n) is 2.35. The lowest BCUT2D eigenvalue weighted by Crippen LogP contribution is -2.24. The second-order valence-corrected chi connectivity index (χ2v) is 4.26. The fourth-order valence-electron chi connectivity index (χ4n) is 1.43. The quantitative estimate of drug-likeness (QED) is 0.875. The highest BCUT2D eigenvalue weighted by atomic mass is 35.5. The van der Waals surface area contributed by atoms with Crippen LogP contribution in [0.2, 0.25) is 5.02 Å². The van der Waals surface area contributed by atoms with E-state index < -0.39 is 17.4 Å². The predicted octanol–water partition coefficient (Wildman–Crippen LogP) is 2.95. The molecule has 8 heteroatoms. The molecule has 0 unspecified atom stereocenters. The highest BCUT2D eigenvalue weighted by Gasteiger charge is 2.30. The van der Waals surface area contributed by atoms with Crippen molar-refractivity contribution in [3.8, 4) is 5.75 Å². The monoisotopic (exact) mass is 304 g/mol. The minimum Gasteiger partial charge on any atom is -0.473 e. The van der Waals surface area contributed by atoms with E-state index in [0.29, 0.717) is 0 Å². The Morgan fingerprint density at radius 3 is 2.80 bits per heavy atom. The SMILES string of the molecule is O=c1ncc(Cl)cn1COc1cccc(C(F)(F)F)c1. The fourth-order valence-corrected chi connectivity index (χ4v) is 1.59. The third-order valence-corrected chi connectivity index (χ3v) is 2.55. The summed E-state index contributed by atoms with van der Waals surface area (Å²) in [6.07, 6.45) is -2.00. The molecule has 0 spiro atoms. The van der Waals surface area contributed by atoms with Crippen LogP contribution >= 0.6 is 11.6 Å². The van der Waals surface area contributed by atoms with Gasteiger partial charge in [-0.1, -0.05) is 17.7 Å². The predicted molar refractivity (Wildman–Crippen MR) is 65.6 cm³/mol. The lowest BCUT2D eigenvalue weighted by Gasteiger charge is -2.11. The van der Waals surface area contributed by atoms with Gasteiger partial charge >= 0.3 is 11.9 Å². The first-order chi connectivity index (χ1) is 9.36. The molecule has 0 aliphatic carbocycles. The second kappa shape index (κ2) is 5.54. The molecule has 0 bridgehead atoms. The van der Waals surface area contributed by atoms with Crippen LogP contribution in [-0.4, -0.2) is 9.55 Å². The summed E-state index contributed by atoms with van der Waals surface area (Å²) in [4.78, 5) is 14.8. The van der Waals surface area contributed by atoms with Crippen LogP contribution in [-0.2, 0) is 12.9 Å². The molecular formula is C12H8ClF3N2O2. The zero-order chi connectivity index (χ0) is 14.8. The number of rotatable bonds is 3. The highest BCUT2D eigenvalue weighted by Crippen LogP contribution is 2.31. The van der Waals surface area contributed by atoms with E-state index >= 15 is 0 Å². The summed E-state index contributed by atoms with van der Waals surface area (Å²) in [7, 11) is 0. The Bertz CT molecular complexity index is 670. The largest absolute Gasteiger partial charge is 0.473 e. The van der Waals surface area contributed by atoms with Crippen LogP contribution in [0.15, 0.2) is 41.5 Å². The number of benzene rings is 1. The number of nitrogens with zero attached hydrogens (tertiary/aromatic N) is 2. The molecule has 106 valence electrons. The van der Waals surface area contributed by atoms with Crippen molar-refractivity contribution in [2.75, 3.05) is 0 Å². The van der Waals surface area contributed by atoms with Crippen LogP contribution in [0.1, 0.15) is 5.56 Å². The normalized spacial score (nSPS) is 11.4. The average Bonchev–Trinajstić information content (AvgIpc) is 2.39. The summed E-state index contributed by atoms with van der Waals surface area (Å²) in [6.45, 7) is -0.284. The van der Waals surface area contributed by atoms with Crippen molar-refractivity contribution in [2.45, 2.75) is 12.9 Å². The molecule has 0 saturated carbocycles. The molecular weight excluding hydrogens is 297 g/mol. The summed E-state index contributed by atoms with van der Waals surface area (Å²) in [5.41, 5.74) is -1.44. The Balaban J connectivity index is 2.15. The van der Waals surface area contributed by atoms with Crippen LogP contribution in [0.3, 0.4) is 0 Å². The number of alkyl halides is 3. The van der Waals surface area contributed by atoms with E-state index in [0.717, 1.165) is 16.7 Å². The molecule has 0 N–H and O–H groups in total. The zero-order valence-corrected chi connectivity index (χ0v) is 10.6. The maximum atomic E-state index is 12.5. The Morgan fingerprint density at radius 2 is 2.10 bits per heavy atom. The topological polar surface area (TPSA) is 44.1 Å². The van der Waals surface area contributed by atoms with Gasteiger partial charge in [-0.15, -0.1) is 0 Å². The van der Waals surface area contributed by atoms with Crippen LogP contribution in [0.25, 0.3) is 0 Å². The molecule has 0 amide bonds. The number of halogens is 4. The molecule has 0 atom stereocenters. The van der Waals surface area contributed by atoms with Crippen LogP contribution in [0.4, 0.5) is 13.2 Å². The molecule has 20 heavy (non-hydrogen) atoms. The summed E-state index contributed by atoms with van der Waals surface area (Å²) in [6, 6.07) is 4.36. The molecule has 0 radical (unpaired) electrons. The van der Waals surface area contributed by atoms with Crippen molar-refractivity contribution in [3.63, 3.8) is 0 Å². The van der Waals surface area contributed by atoms with E-state index in [1.165, 1.54) is 24.5 Å². The van der Waals surface area contributed by atoms with E-state index in [1.807, 2.05) is 0 Å².